The van der Waals surface area contributed by atoms with E-state index >= 15 is 0 Å². The molecule has 0 atom stereocenters. The first-order chi connectivity index (χ1) is 12.1. The molecular formula is C20H23N3O2. The normalized spacial score (nSPS) is 10.1. The fourth-order valence-electron chi connectivity index (χ4n) is 2.32. The first kappa shape index (κ1) is 18.5. The van der Waals surface area contributed by atoms with E-state index < -0.39 is 0 Å². The van der Waals surface area contributed by atoms with Crippen molar-refractivity contribution in [3.63, 3.8) is 0 Å². The van der Waals surface area contributed by atoms with Crippen LogP contribution in [0.5, 0.6) is 0 Å². The highest BCUT2D eigenvalue weighted by Gasteiger charge is 2.08. The van der Waals surface area contributed by atoms with Crippen LogP contribution >= 0.6 is 0 Å². The molecule has 0 radical (unpaired) electrons. The molecule has 0 aliphatic heterocycles. The van der Waals surface area contributed by atoms with Gasteiger partial charge in [-0.25, -0.2) is 4.79 Å². The number of carbonyl (C=O) groups excluding carboxylic acids is 1. The van der Waals surface area contributed by atoms with E-state index in [2.05, 4.69) is 11.4 Å². The SMILES string of the molecule is CCOCc1ccc(CNC(=O)N(C)Cc2ccc(C#N)cc2)cc1. The minimum absolute atomic E-state index is 0.136. The van der Waals surface area contributed by atoms with Crippen LogP contribution in [0, 0.1) is 11.3 Å². The van der Waals surface area contributed by atoms with Crippen LogP contribution in [0.15, 0.2) is 48.5 Å². The fourth-order valence-corrected chi connectivity index (χ4v) is 2.32. The molecule has 0 saturated heterocycles. The second-order valence-corrected chi connectivity index (χ2v) is 5.78. The van der Waals surface area contributed by atoms with Crippen molar-refractivity contribution in [1.29, 1.82) is 5.26 Å². The second-order valence-electron chi connectivity index (χ2n) is 5.78. The van der Waals surface area contributed by atoms with Gasteiger partial charge in [0.05, 0.1) is 18.2 Å². The first-order valence-corrected chi connectivity index (χ1v) is 8.26. The average molecular weight is 337 g/mol. The molecule has 0 bridgehead atoms. The van der Waals surface area contributed by atoms with Gasteiger partial charge in [0.1, 0.15) is 0 Å². The Labute approximate surface area is 148 Å². The summed E-state index contributed by atoms with van der Waals surface area (Å²) in [5.41, 5.74) is 3.76. The molecule has 0 fully saturated rings. The largest absolute Gasteiger partial charge is 0.377 e. The summed E-state index contributed by atoms with van der Waals surface area (Å²) in [6, 6.07) is 17.2. The van der Waals surface area contributed by atoms with E-state index in [1.807, 2.05) is 43.3 Å². The van der Waals surface area contributed by atoms with Gasteiger partial charge in [-0.05, 0) is 35.7 Å². The van der Waals surface area contributed by atoms with E-state index in [0.717, 1.165) is 16.7 Å². The minimum atomic E-state index is -0.136. The molecule has 0 aliphatic carbocycles. The molecule has 0 aromatic heterocycles. The van der Waals surface area contributed by atoms with E-state index in [0.29, 0.717) is 31.9 Å². The molecule has 2 aromatic rings. The van der Waals surface area contributed by atoms with Gasteiger partial charge in [-0.1, -0.05) is 36.4 Å². The number of nitrogens with one attached hydrogen (secondary N) is 1. The Kier molecular flexibility index (Phi) is 7.00. The van der Waals surface area contributed by atoms with Crippen LogP contribution in [0.1, 0.15) is 29.2 Å². The molecule has 5 heteroatoms. The number of nitrogens with zero attached hydrogens (tertiary/aromatic N) is 2. The monoisotopic (exact) mass is 337 g/mol. The standard InChI is InChI=1S/C20H23N3O2/c1-3-25-15-19-10-6-17(7-11-19)13-22-20(24)23(2)14-18-8-4-16(12-21)5-9-18/h4-11H,3,13-15H2,1-2H3,(H,22,24). The molecule has 2 amide bonds. The van der Waals surface area contributed by atoms with Gasteiger partial charge in [-0.3, -0.25) is 0 Å². The number of hydrogen-bond acceptors (Lipinski definition) is 3. The van der Waals surface area contributed by atoms with Crippen LogP contribution in [0.3, 0.4) is 0 Å². The smallest absolute Gasteiger partial charge is 0.317 e. The molecule has 0 saturated carbocycles. The number of urea groups is 1. The Balaban J connectivity index is 1.81. The predicted octanol–water partition coefficient (Wildman–Crippen LogP) is 3.44. The van der Waals surface area contributed by atoms with Crippen LogP contribution in [0.2, 0.25) is 0 Å². The summed E-state index contributed by atoms with van der Waals surface area (Å²) in [4.78, 5) is 13.8. The van der Waals surface area contributed by atoms with Crippen LogP contribution in [-0.2, 0) is 24.4 Å². The molecular weight excluding hydrogens is 314 g/mol. The van der Waals surface area contributed by atoms with Gasteiger partial charge in [0, 0.05) is 26.7 Å². The zero-order valence-electron chi connectivity index (χ0n) is 14.7. The summed E-state index contributed by atoms with van der Waals surface area (Å²) in [6.45, 7) is 4.24. The van der Waals surface area contributed by atoms with Crippen LogP contribution < -0.4 is 5.32 Å². The number of nitriles is 1. The van der Waals surface area contributed by atoms with Crippen LogP contribution in [-0.4, -0.2) is 24.6 Å². The van der Waals surface area contributed by atoms with Gasteiger partial charge in [0.2, 0.25) is 0 Å². The number of amides is 2. The highest BCUT2D eigenvalue weighted by atomic mass is 16.5. The zero-order valence-corrected chi connectivity index (χ0v) is 14.7. The van der Waals surface area contributed by atoms with Crippen molar-refractivity contribution in [3.05, 3.63) is 70.8 Å². The number of benzene rings is 2. The second kappa shape index (κ2) is 9.45. The van der Waals surface area contributed by atoms with Crippen molar-refractivity contribution in [2.45, 2.75) is 26.6 Å². The molecule has 2 aromatic carbocycles. The Hall–Kier alpha value is -2.84. The summed E-state index contributed by atoms with van der Waals surface area (Å²) in [5.74, 6) is 0. The topological polar surface area (TPSA) is 65.4 Å². The van der Waals surface area contributed by atoms with Gasteiger partial charge in [-0.2, -0.15) is 5.26 Å². The summed E-state index contributed by atoms with van der Waals surface area (Å²) in [6.07, 6.45) is 0. The van der Waals surface area contributed by atoms with Crippen molar-refractivity contribution in [1.82, 2.24) is 10.2 Å². The van der Waals surface area contributed by atoms with Crippen molar-refractivity contribution in [2.75, 3.05) is 13.7 Å². The molecule has 1 N–H and O–H groups in total. The van der Waals surface area contributed by atoms with Crippen molar-refractivity contribution >= 4 is 6.03 Å². The lowest BCUT2D eigenvalue weighted by atomic mass is 10.1. The Morgan fingerprint density at radius 1 is 1.08 bits per heavy atom. The Morgan fingerprint density at radius 3 is 2.28 bits per heavy atom. The van der Waals surface area contributed by atoms with E-state index in [1.54, 1.807) is 24.1 Å². The Bertz CT molecular complexity index is 718. The van der Waals surface area contributed by atoms with E-state index in [4.69, 9.17) is 10.00 Å². The summed E-state index contributed by atoms with van der Waals surface area (Å²) in [5, 5.41) is 11.7. The number of hydrogen-bond donors (Lipinski definition) is 1. The predicted molar refractivity (Wildman–Crippen MR) is 96.6 cm³/mol. The minimum Gasteiger partial charge on any atom is -0.377 e. The Morgan fingerprint density at radius 2 is 1.68 bits per heavy atom. The average Bonchev–Trinajstić information content (AvgIpc) is 2.65. The molecule has 25 heavy (non-hydrogen) atoms. The first-order valence-electron chi connectivity index (χ1n) is 8.26. The van der Waals surface area contributed by atoms with Crippen molar-refractivity contribution < 1.29 is 9.53 Å². The summed E-state index contributed by atoms with van der Waals surface area (Å²) >= 11 is 0. The van der Waals surface area contributed by atoms with Crippen molar-refractivity contribution in [2.24, 2.45) is 0 Å². The van der Waals surface area contributed by atoms with E-state index in [9.17, 15) is 4.79 Å². The van der Waals surface area contributed by atoms with Crippen LogP contribution in [0.4, 0.5) is 4.79 Å². The van der Waals surface area contributed by atoms with Crippen molar-refractivity contribution in [3.8, 4) is 6.07 Å². The molecule has 0 heterocycles. The quantitative estimate of drug-likeness (QED) is 0.842. The van der Waals surface area contributed by atoms with Gasteiger partial charge < -0.3 is 15.0 Å². The molecule has 0 aliphatic rings. The maximum absolute atomic E-state index is 12.2. The van der Waals surface area contributed by atoms with E-state index in [1.165, 1.54) is 0 Å². The van der Waals surface area contributed by atoms with E-state index in [-0.39, 0.29) is 6.03 Å². The molecule has 130 valence electrons. The molecule has 2 rings (SSSR count). The third-order valence-corrected chi connectivity index (χ3v) is 3.79. The third-order valence-electron chi connectivity index (χ3n) is 3.79. The van der Waals surface area contributed by atoms with Gasteiger partial charge in [0.15, 0.2) is 0 Å². The lowest BCUT2D eigenvalue weighted by molar-refractivity contribution is 0.134. The molecule has 0 unspecified atom stereocenters. The lowest BCUT2D eigenvalue weighted by Gasteiger charge is -2.18. The maximum atomic E-state index is 12.2. The molecule has 0 spiro atoms. The third kappa shape index (κ3) is 5.94. The number of ether oxygens (including phenoxy) is 1. The van der Waals surface area contributed by atoms with Gasteiger partial charge in [-0.15, -0.1) is 0 Å². The lowest BCUT2D eigenvalue weighted by Crippen LogP contribution is -2.36. The highest BCUT2D eigenvalue weighted by molar-refractivity contribution is 5.73. The summed E-state index contributed by atoms with van der Waals surface area (Å²) in [7, 11) is 1.75. The molecule has 5 nitrogen and oxygen atoms in total. The van der Waals surface area contributed by atoms with Crippen LogP contribution in [0.25, 0.3) is 0 Å². The van der Waals surface area contributed by atoms with Gasteiger partial charge >= 0.3 is 6.03 Å². The number of rotatable bonds is 7. The zero-order chi connectivity index (χ0) is 18.1. The fraction of sp³-hybridized carbons (Fsp3) is 0.300. The number of carbonyl (C=O) groups is 1. The summed E-state index contributed by atoms with van der Waals surface area (Å²) < 4.78 is 5.37. The highest BCUT2D eigenvalue weighted by Crippen LogP contribution is 2.08. The van der Waals surface area contributed by atoms with Gasteiger partial charge in [0.25, 0.3) is 0 Å². The maximum Gasteiger partial charge on any atom is 0.317 e.